The maximum atomic E-state index is 12.7. The molecule has 1 aliphatic carbocycles. The van der Waals surface area contributed by atoms with E-state index in [9.17, 15) is 4.79 Å². The Morgan fingerprint density at radius 3 is 2.44 bits per heavy atom. The van der Waals surface area contributed by atoms with Crippen molar-refractivity contribution in [2.24, 2.45) is 0 Å². The Morgan fingerprint density at radius 2 is 1.74 bits per heavy atom. The van der Waals surface area contributed by atoms with Crippen molar-refractivity contribution in [1.29, 1.82) is 0 Å². The molecular weight excluding hydrogens is 354 g/mol. The van der Waals surface area contributed by atoms with Crippen LogP contribution in [-0.2, 0) is 4.79 Å². The summed E-state index contributed by atoms with van der Waals surface area (Å²) in [7, 11) is 1.89. The van der Waals surface area contributed by atoms with Gasteiger partial charge in [0.25, 0.3) is 0 Å². The molecule has 1 aliphatic heterocycles. The van der Waals surface area contributed by atoms with Gasteiger partial charge in [0.05, 0.1) is 11.4 Å². The maximum Gasteiger partial charge on any atom is 0.249 e. The van der Waals surface area contributed by atoms with Gasteiger partial charge in [-0.1, -0.05) is 30.5 Å². The molecule has 5 heteroatoms. The number of amides is 1. The third-order valence-corrected chi connectivity index (χ3v) is 6.59. The molecule has 0 radical (unpaired) electrons. The summed E-state index contributed by atoms with van der Waals surface area (Å²) in [6.45, 7) is 4.14. The van der Waals surface area contributed by atoms with Crippen LogP contribution in [0.1, 0.15) is 38.2 Å². The van der Waals surface area contributed by atoms with E-state index in [4.69, 9.17) is 0 Å². The highest BCUT2D eigenvalue weighted by Gasteiger charge is 2.38. The van der Waals surface area contributed by atoms with Crippen LogP contribution in [0.4, 0.5) is 17.1 Å². The van der Waals surface area contributed by atoms with E-state index in [1.165, 1.54) is 41.8 Å². The van der Waals surface area contributed by atoms with Crippen molar-refractivity contribution in [3.63, 3.8) is 0 Å². The van der Waals surface area contributed by atoms with Crippen LogP contribution in [-0.4, -0.2) is 25.0 Å². The predicted molar refractivity (Wildman–Crippen MR) is 115 cm³/mol. The molecule has 1 unspecified atom stereocenters. The Balaban J connectivity index is 1.61. The molecule has 2 aromatic rings. The SMILES string of the molecule is Cc1ccc(SNc2ccc3c(c2)N(C2CCCC2)C(C)C(=O)N3C)cc1. The van der Waals surface area contributed by atoms with Gasteiger partial charge in [-0.15, -0.1) is 0 Å². The average Bonchev–Trinajstić information content (AvgIpc) is 3.20. The second-order valence-electron chi connectivity index (χ2n) is 7.64. The lowest BCUT2D eigenvalue weighted by Crippen LogP contribution is -2.54. The molecule has 0 bridgehead atoms. The van der Waals surface area contributed by atoms with Gasteiger partial charge in [-0.05, 0) is 69.0 Å². The molecule has 1 heterocycles. The number of fused-ring (bicyclic) bond motifs is 1. The Morgan fingerprint density at radius 1 is 1.04 bits per heavy atom. The number of hydrogen-bond donors (Lipinski definition) is 1. The normalized spacial score (nSPS) is 20.1. The van der Waals surface area contributed by atoms with Gasteiger partial charge >= 0.3 is 0 Å². The third kappa shape index (κ3) is 3.53. The maximum absolute atomic E-state index is 12.7. The average molecular weight is 382 g/mol. The topological polar surface area (TPSA) is 35.6 Å². The quantitative estimate of drug-likeness (QED) is 0.736. The Kier molecular flexibility index (Phi) is 5.04. The second-order valence-corrected chi connectivity index (χ2v) is 8.52. The van der Waals surface area contributed by atoms with E-state index in [2.05, 4.69) is 59.0 Å². The summed E-state index contributed by atoms with van der Waals surface area (Å²) in [5, 5.41) is 0. The molecule has 27 heavy (non-hydrogen) atoms. The molecule has 0 saturated heterocycles. The molecule has 4 rings (SSSR count). The largest absolute Gasteiger partial charge is 0.355 e. The Labute approximate surface area is 166 Å². The molecule has 0 aromatic heterocycles. The lowest BCUT2D eigenvalue weighted by Gasteiger charge is -2.43. The van der Waals surface area contributed by atoms with E-state index in [1.807, 2.05) is 18.9 Å². The van der Waals surface area contributed by atoms with Crippen LogP contribution >= 0.6 is 11.9 Å². The first-order chi connectivity index (χ1) is 13.0. The first kappa shape index (κ1) is 18.2. The first-order valence-electron chi connectivity index (χ1n) is 9.74. The van der Waals surface area contributed by atoms with E-state index >= 15 is 0 Å². The van der Waals surface area contributed by atoms with Gasteiger partial charge in [-0.3, -0.25) is 4.79 Å². The number of likely N-dealkylation sites (N-methyl/N-ethyl adjacent to an activating group) is 1. The number of anilines is 3. The van der Waals surface area contributed by atoms with Crippen molar-refractivity contribution in [3.05, 3.63) is 48.0 Å². The molecule has 1 saturated carbocycles. The highest BCUT2D eigenvalue weighted by Crippen LogP contribution is 2.42. The smallest absolute Gasteiger partial charge is 0.249 e. The molecule has 1 atom stereocenters. The molecular formula is C22H27N3OS. The predicted octanol–water partition coefficient (Wildman–Crippen LogP) is 5.23. The minimum absolute atomic E-state index is 0.106. The fourth-order valence-electron chi connectivity index (χ4n) is 4.22. The summed E-state index contributed by atoms with van der Waals surface area (Å²) >= 11 is 1.62. The highest BCUT2D eigenvalue weighted by molar-refractivity contribution is 8.00. The Hall–Kier alpha value is -2.14. The zero-order valence-corrected chi connectivity index (χ0v) is 17.1. The summed E-state index contributed by atoms with van der Waals surface area (Å²) in [6, 6.07) is 15.2. The lowest BCUT2D eigenvalue weighted by molar-refractivity contribution is -0.119. The third-order valence-electron chi connectivity index (χ3n) is 5.75. The zero-order chi connectivity index (χ0) is 19.0. The fourth-order valence-corrected chi connectivity index (χ4v) is 4.86. The van der Waals surface area contributed by atoms with Crippen LogP contribution in [0.3, 0.4) is 0 Å². The molecule has 1 fully saturated rings. The summed E-state index contributed by atoms with van der Waals surface area (Å²) < 4.78 is 3.47. The second kappa shape index (κ2) is 7.47. The van der Waals surface area contributed by atoms with Crippen molar-refractivity contribution in [2.45, 2.75) is 56.5 Å². The number of nitrogens with one attached hydrogen (secondary N) is 1. The van der Waals surface area contributed by atoms with Gasteiger partial charge < -0.3 is 14.5 Å². The van der Waals surface area contributed by atoms with Gasteiger partial charge in [0, 0.05) is 23.7 Å². The standard InChI is InChI=1S/C22H27N3OS/c1-15-8-11-19(12-9-15)27-23-17-10-13-20-21(14-17)25(18-6-4-5-7-18)16(2)22(26)24(20)3/h8-14,16,18,23H,4-7H2,1-3H3. The number of aryl methyl sites for hydroxylation is 1. The molecule has 1 amide bonds. The highest BCUT2D eigenvalue weighted by atomic mass is 32.2. The van der Waals surface area contributed by atoms with E-state index in [1.54, 1.807) is 11.9 Å². The van der Waals surface area contributed by atoms with E-state index in [0.717, 1.165) is 11.4 Å². The van der Waals surface area contributed by atoms with Crippen LogP contribution in [0.25, 0.3) is 0 Å². The molecule has 1 N–H and O–H groups in total. The number of nitrogens with zero attached hydrogens (tertiary/aromatic N) is 2. The summed E-state index contributed by atoms with van der Waals surface area (Å²) in [5.74, 6) is 0.184. The number of hydrogen-bond acceptors (Lipinski definition) is 4. The van der Waals surface area contributed by atoms with Crippen molar-refractivity contribution < 1.29 is 4.79 Å². The lowest BCUT2D eigenvalue weighted by atomic mass is 10.0. The van der Waals surface area contributed by atoms with Crippen LogP contribution in [0.15, 0.2) is 47.4 Å². The molecule has 142 valence electrons. The monoisotopic (exact) mass is 381 g/mol. The van der Waals surface area contributed by atoms with Gasteiger partial charge in [0.2, 0.25) is 5.91 Å². The minimum Gasteiger partial charge on any atom is -0.355 e. The minimum atomic E-state index is -0.106. The number of carbonyl (C=O) groups excluding carboxylic acids is 1. The van der Waals surface area contributed by atoms with Crippen LogP contribution in [0, 0.1) is 6.92 Å². The number of benzene rings is 2. The fraction of sp³-hybridized carbons (Fsp3) is 0.409. The molecule has 2 aliphatic rings. The van der Waals surface area contributed by atoms with E-state index < -0.39 is 0 Å². The van der Waals surface area contributed by atoms with E-state index in [0.29, 0.717) is 6.04 Å². The summed E-state index contributed by atoms with van der Waals surface area (Å²) in [6.07, 6.45) is 4.87. The van der Waals surface area contributed by atoms with Crippen LogP contribution in [0.5, 0.6) is 0 Å². The van der Waals surface area contributed by atoms with Crippen LogP contribution in [0.2, 0.25) is 0 Å². The molecule has 0 spiro atoms. The molecule has 2 aromatic carbocycles. The summed E-state index contributed by atoms with van der Waals surface area (Å²) in [5.41, 5.74) is 4.51. The van der Waals surface area contributed by atoms with Gasteiger partial charge in [0.1, 0.15) is 6.04 Å². The van der Waals surface area contributed by atoms with Crippen molar-refractivity contribution in [3.8, 4) is 0 Å². The van der Waals surface area contributed by atoms with Crippen molar-refractivity contribution >= 4 is 34.9 Å². The number of carbonyl (C=O) groups is 1. The van der Waals surface area contributed by atoms with Gasteiger partial charge in [-0.2, -0.15) is 0 Å². The molecule has 4 nitrogen and oxygen atoms in total. The zero-order valence-electron chi connectivity index (χ0n) is 16.2. The van der Waals surface area contributed by atoms with Crippen molar-refractivity contribution in [2.75, 3.05) is 21.6 Å². The summed E-state index contributed by atoms with van der Waals surface area (Å²) in [4.78, 5) is 18.1. The first-order valence-corrected chi connectivity index (χ1v) is 10.6. The van der Waals surface area contributed by atoms with Gasteiger partial charge in [0.15, 0.2) is 0 Å². The number of rotatable bonds is 4. The van der Waals surface area contributed by atoms with Crippen molar-refractivity contribution in [1.82, 2.24) is 0 Å². The van der Waals surface area contributed by atoms with E-state index in [-0.39, 0.29) is 11.9 Å². The van der Waals surface area contributed by atoms with Gasteiger partial charge in [-0.25, -0.2) is 0 Å². The Bertz CT molecular complexity index is 830. The van der Waals surface area contributed by atoms with Crippen LogP contribution < -0.4 is 14.5 Å².